The number of hydrogen-bond acceptors (Lipinski definition) is 4. The van der Waals surface area contributed by atoms with Crippen LogP contribution < -0.4 is 10.1 Å². The number of carbonyl (C=O) groups excluding carboxylic acids is 1. The van der Waals surface area contributed by atoms with Crippen molar-refractivity contribution in [2.24, 2.45) is 0 Å². The molecule has 2 aromatic carbocycles. The molecule has 29 heavy (non-hydrogen) atoms. The molecule has 0 radical (unpaired) electrons. The second-order valence-electron chi connectivity index (χ2n) is 6.93. The maximum atomic E-state index is 12.0. The third-order valence-electron chi connectivity index (χ3n) is 4.65. The average molecular weight is 393 g/mol. The minimum atomic E-state index is 0.0474. The first-order valence-corrected chi connectivity index (χ1v) is 10.2. The highest BCUT2D eigenvalue weighted by Gasteiger charge is 2.16. The van der Waals surface area contributed by atoms with E-state index in [9.17, 15) is 4.79 Å². The Morgan fingerprint density at radius 1 is 1.07 bits per heavy atom. The van der Waals surface area contributed by atoms with E-state index in [1.807, 2.05) is 62.4 Å². The van der Waals surface area contributed by atoms with Crippen molar-refractivity contribution < 1.29 is 9.53 Å². The van der Waals surface area contributed by atoms with E-state index in [-0.39, 0.29) is 5.91 Å². The van der Waals surface area contributed by atoms with Crippen molar-refractivity contribution in [3.05, 3.63) is 54.1 Å². The topological polar surface area (TPSA) is 69.0 Å². The Hall–Kier alpha value is -3.15. The van der Waals surface area contributed by atoms with Gasteiger partial charge in [-0.15, -0.1) is 5.10 Å². The van der Waals surface area contributed by atoms with Gasteiger partial charge in [0.2, 0.25) is 5.91 Å². The summed E-state index contributed by atoms with van der Waals surface area (Å²) in [6.07, 6.45) is 3.64. The number of ether oxygens (including phenoxy) is 1. The van der Waals surface area contributed by atoms with Crippen LogP contribution in [0.5, 0.6) is 6.01 Å². The van der Waals surface area contributed by atoms with E-state index in [1.165, 1.54) is 0 Å². The summed E-state index contributed by atoms with van der Waals surface area (Å²) in [4.78, 5) is 16.6. The zero-order chi connectivity index (χ0) is 20.6. The van der Waals surface area contributed by atoms with Gasteiger partial charge >= 0.3 is 6.01 Å². The van der Waals surface area contributed by atoms with Gasteiger partial charge in [0, 0.05) is 17.7 Å². The Bertz CT molecular complexity index is 948. The van der Waals surface area contributed by atoms with Crippen molar-refractivity contribution in [3.63, 3.8) is 0 Å². The average Bonchev–Trinajstić information content (AvgIpc) is 3.13. The number of carbonyl (C=O) groups is 1. The van der Waals surface area contributed by atoms with Gasteiger partial charge in [0.25, 0.3) is 0 Å². The fourth-order valence-electron chi connectivity index (χ4n) is 3.11. The van der Waals surface area contributed by atoms with Gasteiger partial charge in [0.15, 0.2) is 5.82 Å². The van der Waals surface area contributed by atoms with Crippen molar-refractivity contribution >= 4 is 11.6 Å². The van der Waals surface area contributed by atoms with Gasteiger partial charge < -0.3 is 10.1 Å². The number of rotatable bonds is 9. The second kappa shape index (κ2) is 9.87. The number of nitrogens with zero attached hydrogens (tertiary/aromatic N) is 3. The smallest absolute Gasteiger partial charge is 0.336 e. The molecule has 0 saturated heterocycles. The minimum Gasteiger partial charge on any atom is -0.463 e. The van der Waals surface area contributed by atoms with Gasteiger partial charge in [0.1, 0.15) is 0 Å². The molecule has 1 aromatic heterocycles. The minimum absolute atomic E-state index is 0.0474. The Morgan fingerprint density at radius 3 is 2.52 bits per heavy atom. The van der Waals surface area contributed by atoms with E-state index in [0.717, 1.165) is 47.6 Å². The molecule has 3 rings (SSSR count). The van der Waals surface area contributed by atoms with Crippen LogP contribution in [0.1, 0.15) is 45.1 Å². The van der Waals surface area contributed by atoms with Gasteiger partial charge in [-0.3, -0.25) is 4.79 Å². The number of hydrogen-bond donors (Lipinski definition) is 1. The van der Waals surface area contributed by atoms with Crippen LogP contribution in [0.15, 0.2) is 48.5 Å². The summed E-state index contributed by atoms with van der Waals surface area (Å²) in [6.45, 7) is 6.58. The fourth-order valence-corrected chi connectivity index (χ4v) is 3.11. The number of aromatic nitrogens is 3. The maximum Gasteiger partial charge on any atom is 0.336 e. The summed E-state index contributed by atoms with van der Waals surface area (Å²) >= 11 is 0. The zero-order valence-electron chi connectivity index (χ0n) is 17.3. The van der Waals surface area contributed by atoms with Crippen LogP contribution in [0, 0.1) is 6.92 Å². The first kappa shape index (κ1) is 20.6. The molecule has 0 spiro atoms. The predicted octanol–water partition coefficient (Wildman–Crippen LogP) is 5.16. The van der Waals surface area contributed by atoms with Crippen LogP contribution >= 0.6 is 0 Å². The second-order valence-corrected chi connectivity index (χ2v) is 6.93. The van der Waals surface area contributed by atoms with Crippen LogP contribution in [-0.4, -0.2) is 27.3 Å². The lowest BCUT2D eigenvalue weighted by atomic mass is 10.1. The van der Waals surface area contributed by atoms with Gasteiger partial charge in [0.05, 0.1) is 12.3 Å². The largest absolute Gasteiger partial charge is 0.463 e. The van der Waals surface area contributed by atoms with Crippen LogP contribution in [0.25, 0.3) is 17.1 Å². The number of benzene rings is 2. The molecule has 0 atom stereocenters. The number of aryl methyl sites for hydroxylation is 1. The molecule has 0 aliphatic rings. The van der Waals surface area contributed by atoms with Crippen molar-refractivity contribution in [3.8, 4) is 23.1 Å². The van der Waals surface area contributed by atoms with Crippen LogP contribution in [0.2, 0.25) is 0 Å². The molecule has 0 aliphatic heterocycles. The summed E-state index contributed by atoms with van der Waals surface area (Å²) in [5.41, 5.74) is 3.74. The normalized spacial score (nSPS) is 10.7. The van der Waals surface area contributed by atoms with Crippen molar-refractivity contribution in [1.82, 2.24) is 14.8 Å². The molecule has 1 N–H and O–H groups in total. The van der Waals surface area contributed by atoms with Gasteiger partial charge in [-0.1, -0.05) is 44.0 Å². The summed E-state index contributed by atoms with van der Waals surface area (Å²) in [7, 11) is 0. The van der Waals surface area contributed by atoms with Crippen molar-refractivity contribution in [1.29, 1.82) is 0 Å². The molecule has 1 amide bonds. The van der Waals surface area contributed by atoms with Crippen molar-refractivity contribution in [2.45, 2.75) is 46.5 Å². The number of amides is 1. The monoisotopic (exact) mass is 392 g/mol. The van der Waals surface area contributed by atoms with Crippen LogP contribution in [0.4, 0.5) is 5.69 Å². The molecule has 0 bridgehead atoms. The SMILES string of the molecule is CCCCCC(=O)Nc1ccc(-n2nc(OCC)nc2-c2ccccc2C)cc1. The predicted molar refractivity (Wildman–Crippen MR) is 115 cm³/mol. The van der Waals surface area contributed by atoms with E-state index >= 15 is 0 Å². The Balaban J connectivity index is 1.84. The van der Waals surface area contributed by atoms with E-state index in [2.05, 4.69) is 22.3 Å². The highest BCUT2D eigenvalue weighted by atomic mass is 16.5. The van der Waals surface area contributed by atoms with E-state index in [4.69, 9.17) is 4.74 Å². The van der Waals surface area contributed by atoms with E-state index < -0.39 is 0 Å². The van der Waals surface area contributed by atoms with Gasteiger partial charge in [-0.2, -0.15) is 4.98 Å². The Morgan fingerprint density at radius 2 is 1.83 bits per heavy atom. The quantitative estimate of drug-likeness (QED) is 0.511. The standard InChI is InChI=1S/C23H28N4O2/c1-4-6-7-12-21(28)24-18-13-15-19(16-14-18)27-22(25-23(26-27)29-5-2)20-11-9-8-10-17(20)3/h8-11,13-16H,4-7,12H2,1-3H3,(H,24,28). The molecule has 0 unspecified atom stereocenters. The van der Waals surface area contributed by atoms with Crippen LogP contribution in [0.3, 0.4) is 0 Å². The lowest BCUT2D eigenvalue weighted by molar-refractivity contribution is -0.116. The molecule has 0 aliphatic carbocycles. The van der Waals surface area contributed by atoms with Crippen molar-refractivity contribution in [2.75, 3.05) is 11.9 Å². The lowest BCUT2D eigenvalue weighted by Crippen LogP contribution is -2.11. The highest BCUT2D eigenvalue weighted by molar-refractivity contribution is 5.90. The zero-order valence-corrected chi connectivity index (χ0v) is 17.3. The molecular weight excluding hydrogens is 364 g/mol. The molecule has 1 heterocycles. The maximum absolute atomic E-state index is 12.0. The fraction of sp³-hybridized carbons (Fsp3) is 0.348. The molecule has 6 heteroatoms. The molecule has 152 valence electrons. The van der Waals surface area contributed by atoms with E-state index in [0.29, 0.717) is 19.0 Å². The summed E-state index contributed by atoms with van der Waals surface area (Å²) in [6, 6.07) is 16.0. The molecular formula is C23H28N4O2. The Kier molecular flexibility index (Phi) is 7.00. The first-order valence-electron chi connectivity index (χ1n) is 10.2. The first-order chi connectivity index (χ1) is 14.1. The molecule has 3 aromatic rings. The molecule has 6 nitrogen and oxygen atoms in total. The third kappa shape index (κ3) is 5.22. The molecule has 0 saturated carbocycles. The van der Waals surface area contributed by atoms with Crippen LogP contribution in [-0.2, 0) is 4.79 Å². The Labute approximate surface area is 171 Å². The highest BCUT2D eigenvalue weighted by Crippen LogP contribution is 2.26. The number of unbranched alkanes of at least 4 members (excludes halogenated alkanes) is 2. The number of nitrogens with one attached hydrogen (secondary N) is 1. The number of anilines is 1. The van der Waals surface area contributed by atoms with E-state index in [1.54, 1.807) is 4.68 Å². The third-order valence-corrected chi connectivity index (χ3v) is 4.65. The summed E-state index contributed by atoms with van der Waals surface area (Å²) < 4.78 is 7.31. The lowest BCUT2D eigenvalue weighted by Gasteiger charge is -2.09. The summed E-state index contributed by atoms with van der Waals surface area (Å²) in [5.74, 6) is 0.772. The molecule has 0 fully saturated rings. The summed E-state index contributed by atoms with van der Waals surface area (Å²) in [5, 5.41) is 7.48. The van der Waals surface area contributed by atoms with Gasteiger partial charge in [-0.25, -0.2) is 4.68 Å². The van der Waals surface area contributed by atoms with Gasteiger partial charge in [-0.05, 0) is 50.1 Å².